The van der Waals surface area contributed by atoms with E-state index in [9.17, 15) is 23.9 Å². The van der Waals surface area contributed by atoms with Crippen LogP contribution < -0.4 is 4.74 Å². The van der Waals surface area contributed by atoms with Gasteiger partial charge in [-0.15, -0.1) is 0 Å². The fourth-order valence-corrected chi connectivity index (χ4v) is 5.76. The van der Waals surface area contributed by atoms with Crippen molar-refractivity contribution in [3.63, 3.8) is 0 Å². The van der Waals surface area contributed by atoms with E-state index >= 15 is 0 Å². The Balaban J connectivity index is 2.51. The average molecular weight is 572 g/mol. The van der Waals surface area contributed by atoms with Gasteiger partial charge in [0.1, 0.15) is 18.1 Å². The van der Waals surface area contributed by atoms with Crippen molar-refractivity contribution in [1.82, 2.24) is 9.80 Å². The first-order chi connectivity index (χ1) is 13.9. The molecule has 1 heterocycles. The lowest BCUT2D eigenvalue weighted by Crippen LogP contribution is -2.54. The molecule has 0 bridgehead atoms. The van der Waals surface area contributed by atoms with Gasteiger partial charge in [-0.25, -0.2) is 9.59 Å². The van der Waals surface area contributed by atoms with Crippen molar-refractivity contribution in [2.24, 2.45) is 5.92 Å². The van der Waals surface area contributed by atoms with Crippen molar-refractivity contribution in [3.05, 3.63) is 26.1 Å². The Hall–Kier alpha value is -1.13. The molecule has 0 radical (unpaired) electrons. The van der Waals surface area contributed by atoms with Crippen LogP contribution in [0, 0.1) is 5.92 Å². The van der Waals surface area contributed by atoms with Gasteiger partial charge in [0.2, 0.25) is 0 Å². The van der Waals surface area contributed by atoms with Gasteiger partial charge in [0.05, 0.1) is 23.2 Å². The molecule has 1 aliphatic rings. The Labute approximate surface area is 192 Å². The molecular weight excluding hydrogens is 547 g/mol. The van der Waals surface area contributed by atoms with Crippen LogP contribution in [0.4, 0.5) is 4.79 Å². The molecule has 1 aromatic carbocycles. The Morgan fingerprint density at radius 3 is 2.47 bits per heavy atom. The summed E-state index contributed by atoms with van der Waals surface area (Å²) < 4.78 is 23.2. The van der Waals surface area contributed by atoms with Crippen LogP contribution in [0.25, 0.3) is 0 Å². The average Bonchev–Trinajstić information content (AvgIpc) is 2.64. The number of esters is 1. The van der Waals surface area contributed by atoms with Gasteiger partial charge in [0.25, 0.3) is 0 Å². The maximum atomic E-state index is 13.3. The summed E-state index contributed by atoms with van der Waals surface area (Å²) in [5.41, 5.74) is 1.59. The van der Waals surface area contributed by atoms with Gasteiger partial charge >= 0.3 is 19.6 Å². The lowest BCUT2D eigenvalue weighted by Gasteiger charge is -2.39. The minimum Gasteiger partial charge on any atom is -0.494 e. The zero-order chi connectivity index (χ0) is 22.8. The van der Waals surface area contributed by atoms with Gasteiger partial charge in [-0.05, 0) is 55.0 Å². The van der Waals surface area contributed by atoms with E-state index in [1.165, 1.54) is 19.1 Å². The summed E-state index contributed by atoms with van der Waals surface area (Å²) in [7, 11) is -1.75. The molecule has 2 rings (SSSR count). The standard InChI is InChI=1S/C18H25Br2N2O7P/c1-10(2)7-21(9-30(25,26)27)18(24)22-8-12-11(6-14(22)17(23)29-4)5-13(19)16(28-3)15(12)20/h5,10,14H,6-9H2,1-4H3,(H2,25,26,27). The number of carbonyl (C=O) groups is 2. The topological polar surface area (TPSA) is 117 Å². The van der Waals surface area contributed by atoms with Crippen LogP contribution in [0.3, 0.4) is 0 Å². The lowest BCUT2D eigenvalue weighted by atomic mass is 9.93. The third kappa shape index (κ3) is 5.76. The number of benzene rings is 1. The maximum absolute atomic E-state index is 13.3. The molecule has 0 fully saturated rings. The van der Waals surface area contributed by atoms with E-state index < -0.39 is 31.9 Å². The zero-order valence-electron chi connectivity index (χ0n) is 17.1. The summed E-state index contributed by atoms with van der Waals surface area (Å²) in [5.74, 6) is -0.0819. The molecule has 30 heavy (non-hydrogen) atoms. The summed E-state index contributed by atoms with van der Waals surface area (Å²) in [6.07, 6.45) is -0.535. The van der Waals surface area contributed by atoms with E-state index in [2.05, 4.69) is 31.9 Å². The molecule has 0 aliphatic carbocycles. The largest absolute Gasteiger partial charge is 0.494 e. The number of fused-ring (bicyclic) bond motifs is 1. The van der Waals surface area contributed by atoms with Crippen molar-refractivity contribution < 1.29 is 33.4 Å². The van der Waals surface area contributed by atoms with Crippen molar-refractivity contribution in [2.45, 2.75) is 32.9 Å². The van der Waals surface area contributed by atoms with Crippen LogP contribution in [0.15, 0.2) is 15.0 Å². The van der Waals surface area contributed by atoms with E-state index in [-0.39, 0.29) is 25.4 Å². The van der Waals surface area contributed by atoms with Crippen LogP contribution in [-0.4, -0.2) is 64.7 Å². The van der Waals surface area contributed by atoms with E-state index in [0.717, 1.165) is 16.0 Å². The summed E-state index contributed by atoms with van der Waals surface area (Å²) in [5, 5.41) is 0. The van der Waals surface area contributed by atoms with E-state index in [4.69, 9.17) is 9.47 Å². The van der Waals surface area contributed by atoms with Gasteiger partial charge in [-0.2, -0.15) is 0 Å². The van der Waals surface area contributed by atoms with Gasteiger partial charge in [0.15, 0.2) is 0 Å². The first-order valence-electron chi connectivity index (χ1n) is 9.11. The molecule has 0 saturated carbocycles. The smallest absolute Gasteiger partial charge is 0.344 e. The SMILES string of the molecule is COC(=O)C1Cc2cc(Br)c(OC)c(Br)c2CN1C(=O)N(CC(C)C)CP(=O)(O)O. The van der Waals surface area contributed by atoms with E-state index in [0.29, 0.717) is 14.7 Å². The maximum Gasteiger partial charge on any atom is 0.344 e. The number of amides is 2. The Morgan fingerprint density at radius 2 is 1.97 bits per heavy atom. The molecule has 0 aromatic heterocycles. The summed E-state index contributed by atoms with van der Waals surface area (Å²) in [6, 6.07) is 0.272. The second-order valence-electron chi connectivity index (χ2n) is 7.42. The number of hydrogen-bond donors (Lipinski definition) is 2. The second-order valence-corrected chi connectivity index (χ2v) is 10.7. The molecule has 1 atom stereocenters. The third-order valence-corrected chi connectivity index (χ3v) is 6.76. The highest BCUT2D eigenvalue weighted by Gasteiger charge is 2.40. The number of rotatable bonds is 6. The summed E-state index contributed by atoms with van der Waals surface area (Å²) in [6.45, 7) is 3.85. The molecule has 1 aliphatic heterocycles. The summed E-state index contributed by atoms with van der Waals surface area (Å²) >= 11 is 6.95. The molecular formula is C18H25Br2N2O7P. The van der Waals surface area contributed by atoms with Gasteiger partial charge < -0.3 is 29.1 Å². The number of carbonyl (C=O) groups excluding carboxylic acids is 2. The zero-order valence-corrected chi connectivity index (χ0v) is 21.2. The quantitative estimate of drug-likeness (QED) is 0.397. The van der Waals surface area contributed by atoms with Crippen LogP contribution in [0.1, 0.15) is 25.0 Å². The van der Waals surface area contributed by atoms with E-state index in [1.807, 2.05) is 19.9 Å². The van der Waals surface area contributed by atoms with Crippen LogP contribution in [-0.2, 0) is 27.1 Å². The number of nitrogens with zero attached hydrogens (tertiary/aromatic N) is 2. The molecule has 2 amide bonds. The summed E-state index contributed by atoms with van der Waals surface area (Å²) in [4.78, 5) is 47.1. The van der Waals surface area contributed by atoms with Gasteiger partial charge in [-0.3, -0.25) is 4.57 Å². The number of halogens is 2. The highest BCUT2D eigenvalue weighted by molar-refractivity contribution is 9.11. The fourth-order valence-electron chi connectivity index (χ4n) is 3.42. The van der Waals surface area contributed by atoms with Crippen LogP contribution in [0.5, 0.6) is 5.75 Å². The molecule has 168 valence electrons. The van der Waals surface area contributed by atoms with Crippen molar-refractivity contribution >= 4 is 51.5 Å². The monoisotopic (exact) mass is 570 g/mol. The Kier molecular flexibility index (Phi) is 8.37. The highest BCUT2D eigenvalue weighted by atomic mass is 79.9. The predicted molar refractivity (Wildman–Crippen MR) is 117 cm³/mol. The van der Waals surface area contributed by atoms with Crippen LogP contribution >= 0.6 is 39.5 Å². The first-order valence-corrected chi connectivity index (χ1v) is 12.5. The highest BCUT2D eigenvalue weighted by Crippen LogP contribution is 2.42. The van der Waals surface area contributed by atoms with Crippen molar-refractivity contribution in [1.29, 1.82) is 0 Å². The normalized spacial score (nSPS) is 16.3. The minimum atomic E-state index is -4.50. The van der Waals surface area contributed by atoms with Gasteiger partial charge in [-0.1, -0.05) is 13.8 Å². The third-order valence-electron chi connectivity index (χ3n) is 4.62. The number of urea groups is 1. The fraction of sp³-hybridized carbons (Fsp3) is 0.556. The number of hydrogen-bond acceptors (Lipinski definition) is 5. The molecule has 2 N–H and O–H groups in total. The molecule has 0 saturated heterocycles. The number of methoxy groups -OCH3 is 2. The van der Waals surface area contributed by atoms with Gasteiger partial charge in [0, 0.05) is 19.5 Å². The number of ether oxygens (including phenoxy) is 2. The Bertz CT molecular complexity index is 875. The predicted octanol–water partition coefficient (Wildman–Crippen LogP) is 3.33. The van der Waals surface area contributed by atoms with Crippen molar-refractivity contribution in [2.75, 3.05) is 27.1 Å². The van der Waals surface area contributed by atoms with Crippen LogP contribution in [0.2, 0.25) is 0 Å². The Morgan fingerprint density at radius 1 is 1.33 bits per heavy atom. The molecule has 12 heteroatoms. The second kappa shape index (κ2) is 9.99. The lowest BCUT2D eigenvalue weighted by molar-refractivity contribution is -0.146. The van der Waals surface area contributed by atoms with E-state index in [1.54, 1.807) is 0 Å². The molecule has 1 aromatic rings. The van der Waals surface area contributed by atoms with Crippen molar-refractivity contribution in [3.8, 4) is 5.75 Å². The molecule has 0 spiro atoms. The minimum absolute atomic E-state index is 0.0306. The molecule has 1 unspecified atom stereocenters. The molecule has 9 nitrogen and oxygen atoms in total. The first kappa shape index (κ1) is 25.1.